The summed E-state index contributed by atoms with van der Waals surface area (Å²) in [5, 5.41) is 14.0. The summed E-state index contributed by atoms with van der Waals surface area (Å²) >= 11 is 0. The van der Waals surface area contributed by atoms with Gasteiger partial charge in [-0.05, 0) is 12.8 Å². The van der Waals surface area contributed by atoms with E-state index in [-0.39, 0.29) is 38.8 Å². The molecule has 2 amide bonds. The smallest absolute Gasteiger partial charge is 0.303 e. The molecule has 0 radical (unpaired) electrons. The number of hydrogen-bond acceptors (Lipinski definition) is 12. The van der Waals surface area contributed by atoms with Gasteiger partial charge in [0.2, 0.25) is 11.8 Å². The van der Waals surface area contributed by atoms with Crippen LogP contribution in [0.3, 0.4) is 0 Å². The highest BCUT2D eigenvalue weighted by molar-refractivity contribution is 5.75. The quantitative estimate of drug-likeness (QED) is 0.124. The summed E-state index contributed by atoms with van der Waals surface area (Å²) in [6, 6.07) is -1.04. The summed E-state index contributed by atoms with van der Waals surface area (Å²) < 4.78 is 32.5. The SMILES string of the molecule is CC(=O)NC1C(OCCCCC(=O)NCCOCCO)OC(COC(C)=O)C(OC(C)=O)C1OC(C)=O. The Morgan fingerprint density at radius 2 is 1.54 bits per heavy atom. The molecule has 1 rings (SSSR count). The summed E-state index contributed by atoms with van der Waals surface area (Å²) in [6.45, 7) is 5.31. The van der Waals surface area contributed by atoms with Crippen molar-refractivity contribution >= 4 is 29.7 Å². The largest absolute Gasteiger partial charge is 0.463 e. The van der Waals surface area contributed by atoms with Crippen LogP contribution >= 0.6 is 0 Å². The molecule has 0 spiro atoms. The first-order chi connectivity index (χ1) is 17.5. The van der Waals surface area contributed by atoms with Crippen LogP contribution in [0.15, 0.2) is 0 Å². The number of esters is 3. The molecule has 0 aliphatic carbocycles. The van der Waals surface area contributed by atoms with E-state index in [1.54, 1.807) is 0 Å². The minimum absolute atomic E-state index is 0.0853. The highest BCUT2D eigenvalue weighted by atomic mass is 16.7. The van der Waals surface area contributed by atoms with Gasteiger partial charge in [0.25, 0.3) is 0 Å². The van der Waals surface area contributed by atoms with Crippen LogP contribution in [0.5, 0.6) is 0 Å². The Balaban J connectivity index is 2.82. The van der Waals surface area contributed by atoms with E-state index in [1.807, 2.05) is 0 Å². The fourth-order valence-electron chi connectivity index (χ4n) is 3.54. The van der Waals surface area contributed by atoms with Gasteiger partial charge in [-0.1, -0.05) is 0 Å². The number of rotatable bonds is 16. The third-order valence-corrected chi connectivity index (χ3v) is 4.96. The fraction of sp³-hybridized carbons (Fsp3) is 0.783. The number of unbranched alkanes of at least 4 members (excludes halogenated alkanes) is 1. The van der Waals surface area contributed by atoms with E-state index in [9.17, 15) is 24.0 Å². The Hall–Kier alpha value is -2.81. The fourth-order valence-corrected chi connectivity index (χ4v) is 3.54. The number of nitrogens with one attached hydrogen (secondary N) is 2. The van der Waals surface area contributed by atoms with Gasteiger partial charge in [0.1, 0.15) is 18.8 Å². The van der Waals surface area contributed by atoms with Crippen LogP contribution < -0.4 is 10.6 Å². The van der Waals surface area contributed by atoms with Gasteiger partial charge < -0.3 is 44.2 Å². The molecule has 1 fully saturated rings. The second kappa shape index (κ2) is 17.6. The number of ether oxygens (including phenoxy) is 6. The summed E-state index contributed by atoms with van der Waals surface area (Å²) in [6.07, 6.45) is -3.39. The molecule has 14 heteroatoms. The molecule has 0 aromatic heterocycles. The molecular formula is C23H38N2O12. The van der Waals surface area contributed by atoms with Gasteiger partial charge >= 0.3 is 17.9 Å². The third-order valence-electron chi connectivity index (χ3n) is 4.96. The Morgan fingerprint density at radius 3 is 2.14 bits per heavy atom. The van der Waals surface area contributed by atoms with Crippen LogP contribution in [0.4, 0.5) is 0 Å². The van der Waals surface area contributed by atoms with E-state index in [0.29, 0.717) is 26.0 Å². The van der Waals surface area contributed by atoms with Gasteiger partial charge in [-0.3, -0.25) is 24.0 Å². The maximum absolute atomic E-state index is 11.9. The van der Waals surface area contributed by atoms with E-state index in [1.165, 1.54) is 13.8 Å². The van der Waals surface area contributed by atoms with Gasteiger partial charge in [-0.25, -0.2) is 0 Å². The van der Waals surface area contributed by atoms with Gasteiger partial charge in [0.15, 0.2) is 18.5 Å². The van der Waals surface area contributed by atoms with Gasteiger partial charge in [-0.2, -0.15) is 0 Å². The monoisotopic (exact) mass is 534 g/mol. The van der Waals surface area contributed by atoms with E-state index >= 15 is 0 Å². The van der Waals surface area contributed by atoms with Crippen molar-refractivity contribution in [3.8, 4) is 0 Å². The van der Waals surface area contributed by atoms with Crippen LogP contribution in [0, 0.1) is 0 Å². The van der Waals surface area contributed by atoms with Crippen molar-refractivity contribution in [3.63, 3.8) is 0 Å². The maximum atomic E-state index is 11.9. The first-order valence-corrected chi connectivity index (χ1v) is 12.0. The number of aliphatic hydroxyl groups excluding tert-OH is 1. The topological polar surface area (TPSA) is 185 Å². The van der Waals surface area contributed by atoms with Crippen molar-refractivity contribution < 1.29 is 57.5 Å². The normalized spacial score (nSPS) is 23.0. The third kappa shape index (κ3) is 13.3. The lowest BCUT2D eigenvalue weighted by Crippen LogP contribution is -2.66. The summed E-state index contributed by atoms with van der Waals surface area (Å²) in [4.78, 5) is 58.8. The van der Waals surface area contributed by atoms with Crippen LogP contribution in [0.25, 0.3) is 0 Å². The highest BCUT2D eigenvalue weighted by Crippen LogP contribution is 2.28. The second-order valence-electron chi connectivity index (χ2n) is 8.23. The second-order valence-corrected chi connectivity index (χ2v) is 8.23. The lowest BCUT2D eigenvalue weighted by molar-refractivity contribution is -0.277. The predicted molar refractivity (Wildman–Crippen MR) is 125 cm³/mol. The lowest BCUT2D eigenvalue weighted by Gasteiger charge is -2.44. The molecule has 1 heterocycles. The van der Waals surface area contributed by atoms with Crippen molar-refractivity contribution in [2.75, 3.05) is 39.6 Å². The van der Waals surface area contributed by atoms with Gasteiger partial charge in [-0.15, -0.1) is 0 Å². The van der Waals surface area contributed by atoms with E-state index in [0.717, 1.165) is 13.8 Å². The predicted octanol–water partition coefficient (Wildman–Crippen LogP) is -1.05. The summed E-state index contributed by atoms with van der Waals surface area (Å²) in [7, 11) is 0. The lowest BCUT2D eigenvalue weighted by atomic mass is 9.96. The van der Waals surface area contributed by atoms with Crippen molar-refractivity contribution in [3.05, 3.63) is 0 Å². The molecule has 5 atom stereocenters. The Morgan fingerprint density at radius 1 is 0.865 bits per heavy atom. The van der Waals surface area contributed by atoms with E-state index < -0.39 is 54.5 Å². The van der Waals surface area contributed by atoms with Crippen molar-refractivity contribution in [1.29, 1.82) is 0 Å². The average Bonchev–Trinajstić information content (AvgIpc) is 2.80. The number of carbonyl (C=O) groups is 5. The standard InChI is InChI=1S/C23H38N2O12/c1-14(27)25-20-22(36-17(4)30)21(35-16(3)29)18(13-34-15(2)28)37-23(20)33-10-6-5-7-19(31)24-8-11-32-12-9-26/h18,20-23,26H,5-13H2,1-4H3,(H,24,31)(H,25,27). The molecule has 14 nitrogen and oxygen atoms in total. The molecule has 0 bridgehead atoms. The first kappa shape index (κ1) is 32.2. The van der Waals surface area contributed by atoms with Crippen LogP contribution in [-0.4, -0.2) is 105 Å². The van der Waals surface area contributed by atoms with E-state index in [2.05, 4.69) is 10.6 Å². The van der Waals surface area contributed by atoms with Crippen molar-refractivity contribution in [2.45, 2.75) is 77.6 Å². The molecule has 5 unspecified atom stereocenters. The Kier molecular flexibility index (Phi) is 15.3. The van der Waals surface area contributed by atoms with Crippen LogP contribution in [0.1, 0.15) is 47.0 Å². The number of aliphatic hydroxyl groups is 1. The molecule has 1 aliphatic heterocycles. The summed E-state index contributed by atoms with van der Waals surface area (Å²) in [5.41, 5.74) is 0. The zero-order valence-electron chi connectivity index (χ0n) is 21.7. The molecule has 0 saturated carbocycles. The molecule has 0 aromatic carbocycles. The van der Waals surface area contributed by atoms with Crippen LogP contribution in [0.2, 0.25) is 0 Å². The molecule has 0 aromatic rings. The van der Waals surface area contributed by atoms with Gasteiger partial charge in [0.05, 0.1) is 19.8 Å². The van der Waals surface area contributed by atoms with Crippen molar-refractivity contribution in [1.82, 2.24) is 10.6 Å². The van der Waals surface area contributed by atoms with Gasteiger partial charge in [0, 0.05) is 47.3 Å². The minimum atomic E-state index is -1.19. The maximum Gasteiger partial charge on any atom is 0.303 e. The molecule has 3 N–H and O–H groups in total. The molecule has 1 aliphatic rings. The Labute approximate surface area is 215 Å². The summed E-state index contributed by atoms with van der Waals surface area (Å²) in [5.74, 6) is -2.64. The van der Waals surface area contributed by atoms with Crippen LogP contribution in [-0.2, 0) is 52.4 Å². The number of hydrogen-bond donors (Lipinski definition) is 3. The highest BCUT2D eigenvalue weighted by Gasteiger charge is 2.51. The number of amides is 2. The molecular weight excluding hydrogens is 496 g/mol. The zero-order valence-corrected chi connectivity index (χ0v) is 21.7. The van der Waals surface area contributed by atoms with E-state index in [4.69, 9.17) is 33.5 Å². The minimum Gasteiger partial charge on any atom is -0.463 e. The number of carbonyl (C=O) groups excluding carboxylic acids is 5. The Bertz CT molecular complexity index is 762. The molecule has 1 saturated heterocycles. The van der Waals surface area contributed by atoms with Crippen molar-refractivity contribution in [2.24, 2.45) is 0 Å². The average molecular weight is 535 g/mol. The zero-order chi connectivity index (χ0) is 27.8. The first-order valence-electron chi connectivity index (χ1n) is 12.0. The molecule has 212 valence electrons. The molecule has 37 heavy (non-hydrogen) atoms.